The molecule has 1 aromatic heterocycles. The van der Waals surface area contributed by atoms with E-state index in [0.717, 1.165) is 5.56 Å². The molecule has 0 amide bonds. The number of carbonyl (C=O) groups excluding carboxylic acids is 1. The van der Waals surface area contributed by atoms with Crippen molar-refractivity contribution in [3.63, 3.8) is 0 Å². The lowest BCUT2D eigenvalue weighted by Crippen LogP contribution is -2.11. The minimum atomic E-state index is -0.631. The second-order valence-electron chi connectivity index (χ2n) is 3.41. The van der Waals surface area contributed by atoms with Gasteiger partial charge in [-0.05, 0) is 17.7 Å². The van der Waals surface area contributed by atoms with Crippen LogP contribution in [0.2, 0.25) is 0 Å². The molecule has 1 aromatic rings. The third kappa shape index (κ3) is 4.13. The van der Waals surface area contributed by atoms with Gasteiger partial charge >= 0.3 is 5.97 Å². The largest absolute Gasteiger partial charge is 0.459 e. The van der Waals surface area contributed by atoms with Crippen LogP contribution in [-0.4, -0.2) is 30.9 Å². The predicted octanol–water partition coefficient (Wildman–Crippen LogP) is 1.12. The van der Waals surface area contributed by atoms with Crippen molar-refractivity contribution in [3.05, 3.63) is 29.6 Å². The van der Waals surface area contributed by atoms with Gasteiger partial charge in [0.25, 0.3) is 0 Å². The molecule has 0 aliphatic rings. The van der Waals surface area contributed by atoms with E-state index in [1.165, 1.54) is 13.2 Å². The lowest BCUT2D eigenvalue weighted by Gasteiger charge is -2.02. The number of aryl methyl sites for hydroxylation is 1. The molecule has 1 rings (SSSR count). The number of carbonyl (C=O) groups is 1. The van der Waals surface area contributed by atoms with Crippen molar-refractivity contribution >= 4 is 12.0 Å². The van der Waals surface area contributed by atoms with Crippen LogP contribution in [0.5, 0.6) is 0 Å². The lowest BCUT2D eigenvalue weighted by molar-refractivity contribution is -0.139. The molecule has 0 spiro atoms. The SMILES string of the molecule is COCCOC(=O)/C(C#N)=C\c1ccn(C)c1. The summed E-state index contributed by atoms with van der Waals surface area (Å²) >= 11 is 0. The Balaban J connectivity index is 2.68. The molecule has 0 bridgehead atoms. The molecule has 0 aromatic carbocycles. The van der Waals surface area contributed by atoms with Crippen LogP contribution < -0.4 is 0 Å². The first-order valence-electron chi connectivity index (χ1n) is 5.07. The molecule has 1 heterocycles. The maximum Gasteiger partial charge on any atom is 0.348 e. The highest BCUT2D eigenvalue weighted by Gasteiger charge is 2.10. The summed E-state index contributed by atoms with van der Waals surface area (Å²) in [7, 11) is 3.37. The molecule has 0 aliphatic heterocycles. The van der Waals surface area contributed by atoms with Gasteiger partial charge in [-0.1, -0.05) is 0 Å². The number of nitriles is 1. The minimum absolute atomic E-state index is 0.0210. The normalized spacial score (nSPS) is 11.0. The van der Waals surface area contributed by atoms with Gasteiger partial charge in [0.15, 0.2) is 0 Å². The van der Waals surface area contributed by atoms with Crippen molar-refractivity contribution < 1.29 is 14.3 Å². The van der Waals surface area contributed by atoms with E-state index < -0.39 is 5.97 Å². The average molecular weight is 234 g/mol. The van der Waals surface area contributed by atoms with Gasteiger partial charge in [-0.3, -0.25) is 0 Å². The molecule has 17 heavy (non-hydrogen) atoms. The van der Waals surface area contributed by atoms with E-state index in [1.807, 2.05) is 23.9 Å². The summed E-state index contributed by atoms with van der Waals surface area (Å²) in [6.45, 7) is 0.457. The quantitative estimate of drug-likeness (QED) is 0.331. The van der Waals surface area contributed by atoms with Gasteiger partial charge in [0, 0.05) is 26.6 Å². The molecule has 0 aliphatic carbocycles. The van der Waals surface area contributed by atoms with Crippen molar-refractivity contribution in [2.24, 2.45) is 7.05 Å². The summed E-state index contributed by atoms with van der Waals surface area (Å²) < 4.78 is 11.4. The van der Waals surface area contributed by atoms with Gasteiger partial charge in [0.2, 0.25) is 0 Å². The van der Waals surface area contributed by atoms with Crippen molar-refractivity contribution in [2.45, 2.75) is 0 Å². The lowest BCUT2D eigenvalue weighted by atomic mass is 10.2. The Hall–Kier alpha value is -2.06. The highest BCUT2D eigenvalue weighted by atomic mass is 16.6. The highest BCUT2D eigenvalue weighted by Crippen LogP contribution is 2.08. The second kappa shape index (κ2) is 6.51. The first-order valence-corrected chi connectivity index (χ1v) is 5.07. The first-order chi connectivity index (χ1) is 8.17. The van der Waals surface area contributed by atoms with Crippen molar-refractivity contribution in [2.75, 3.05) is 20.3 Å². The summed E-state index contributed by atoms with van der Waals surface area (Å²) in [5.74, 6) is -0.631. The van der Waals surface area contributed by atoms with Gasteiger partial charge in [-0.25, -0.2) is 4.79 Å². The average Bonchev–Trinajstić information content (AvgIpc) is 2.72. The van der Waals surface area contributed by atoms with E-state index in [2.05, 4.69) is 0 Å². The van der Waals surface area contributed by atoms with Crippen LogP contribution >= 0.6 is 0 Å². The fourth-order valence-electron chi connectivity index (χ4n) is 1.21. The first kappa shape index (κ1) is 13.0. The predicted molar refractivity (Wildman–Crippen MR) is 61.8 cm³/mol. The summed E-state index contributed by atoms with van der Waals surface area (Å²) in [4.78, 5) is 11.5. The molecule has 0 saturated carbocycles. The molecule has 0 radical (unpaired) electrons. The van der Waals surface area contributed by atoms with Crippen LogP contribution in [0.25, 0.3) is 6.08 Å². The van der Waals surface area contributed by atoms with E-state index in [9.17, 15) is 4.79 Å². The number of ether oxygens (including phenoxy) is 2. The van der Waals surface area contributed by atoms with E-state index in [0.29, 0.717) is 6.61 Å². The van der Waals surface area contributed by atoms with Gasteiger partial charge in [0.1, 0.15) is 18.2 Å². The molecular weight excluding hydrogens is 220 g/mol. The molecule has 0 atom stereocenters. The maximum atomic E-state index is 11.5. The van der Waals surface area contributed by atoms with Crippen LogP contribution in [0.3, 0.4) is 0 Å². The summed E-state index contributed by atoms with van der Waals surface area (Å²) in [5, 5.41) is 8.86. The topological polar surface area (TPSA) is 64.2 Å². The Morgan fingerprint density at radius 3 is 2.88 bits per heavy atom. The van der Waals surface area contributed by atoms with E-state index in [4.69, 9.17) is 14.7 Å². The fourth-order valence-corrected chi connectivity index (χ4v) is 1.21. The van der Waals surface area contributed by atoms with Crippen molar-refractivity contribution in [3.8, 4) is 6.07 Å². The number of aromatic nitrogens is 1. The van der Waals surface area contributed by atoms with E-state index in [-0.39, 0.29) is 12.2 Å². The third-order valence-electron chi connectivity index (χ3n) is 2.03. The second-order valence-corrected chi connectivity index (χ2v) is 3.41. The molecule has 0 N–H and O–H groups in total. The summed E-state index contributed by atoms with van der Waals surface area (Å²) in [5.41, 5.74) is 0.764. The van der Waals surface area contributed by atoms with Crippen LogP contribution in [0.15, 0.2) is 24.0 Å². The van der Waals surface area contributed by atoms with Crippen molar-refractivity contribution in [1.29, 1.82) is 5.26 Å². The Bertz CT molecular complexity index is 455. The smallest absolute Gasteiger partial charge is 0.348 e. The molecule has 0 fully saturated rings. The molecule has 5 nitrogen and oxygen atoms in total. The van der Waals surface area contributed by atoms with Crippen LogP contribution in [-0.2, 0) is 21.3 Å². The Kier molecular flexibility index (Phi) is 4.98. The molecule has 0 saturated heterocycles. The molecule has 90 valence electrons. The standard InChI is InChI=1S/C12H14N2O3/c1-14-4-3-10(9-14)7-11(8-13)12(15)17-6-5-16-2/h3-4,7,9H,5-6H2,1-2H3/b11-7-. The third-order valence-corrected chi connectivity index (χ3v) is 2.03. The van der Waals surface area contributed by atoms with Gasteiger partial charge in [-0.15, -0.1) is 0 Å². The van der Waals surface area contributed by atoms with Gasteiger partial charge in [0.05, 0.1) is 6.61 Å². The van der Waals surface area contributed by atoms with Gasteiger partial charge in [-0.2, -0.15) is 5.26 Å². The molecule has 5 heteroatoms. The Morgan fingerprint density at radius 2 is 2.35 bits per heavy atom. The van der Waals surface area contributed by atoms with Crippen LogP contribution in [0.4, 0.5) is 0 Å². The van der Waals surface area contributed by atoms with E-state index in [1.54, 1.807) is 12.3 Å². The fraction of sp³-hybridized carbons (Fsp3) is 0.333. The minimum Gasteiger partial charge on any atom is -0.459 e. The number of rotatable bonds is 5. The van der Waals surface area contributed by atoms with Crippen LogP contribution in [0.1, 0.15) is 5.56 Å². The number of esters is 1. The zero-order valence-corrected chi connectivity index (χ0v) is 9.84. The van der Waals surface area contributed by atoms with E-state index >= 15 is 0 Å². The number of methoxy groups -OCH3 is 1. The number of hydrogen-bond acceptors (Lipinski definition) is 4. The number of hydrogen-bond donors (Lipinski definition) is 0. The number of nitrogens with zero attached hydrogens (tertiary/aromatic N) is 2. The maximum absolute atomic E-state index is 11.5. The molecule has 0 unspecified atom stereocenters. The Labute approximate surface area is 99.9 Å². The molecular formula is C12H14N2O3. The summed E-state index contributed by atoms with van der Waals surface area (Å²) in [6, 6.07) is 3.63. The van der Waals surface area contributed by atoms with Crippen molar-refractivity contribution in [1.82, 2.24) is 4.57 Å². The Morgan fingerprint density at radius 1 is 1.59 bits per heavy atom. The van der Waals surface area contributed by atoms with Gasteiger partial charge < -0.3 is 14.0 Å². The summed E-state index contributed by atoms with van der Waals surface area (Å²) in [6.07, 6.45) is 5.13. The monoisotopic (exact) mass is 234 g/mol. The highest BCUT2D eigenvalue weighted by molar-refractivity contribution is 5.97. The zero-order valence-electron chi connectivity index (χ0n) is 9.84. The zero-order chi connectivity index (χ0) is 12.7. The van der Waals surface area contributed by atoms with Crippen LogP contribution in [0, 0.1) is 11.3 Å².